The van der Waals surface area contributed by atoms with E-state index in [1.807, 2.05) is 0 Å². The Bertz CT molecular complexity index is 1340. The number of carboxylic acid groups (broad SMARTS) is 1. The smallest absolute Gasteiger partial charge is 0.352 e. The molecule has 2 unspecified atom stereocenters. The molecule has 41 heavy (non-hydrogen) atoms. The highest BCUT2D eigenvalue weighted by atomic mass is 32.2. The Labute approximate surface area is 238 Å². The van der Waals surface area contributed by atoms with E-state index in [0.717, 1.165) is 28.5 Å². The lowest BCUT2D eigenvalue weighted by molar-refractivity contribution is -0.153. The van der Waals surface area contributed by atoms with Crippen LogP contribution in [0, 0.1) is 0 Å². The number of likely N-dealkylation sites (N-methyl/N-ethyl adjacent to an activating group) is 1. The minimum atomic E-state index is -1.46. The number of rotatable bonds is 8. The number of carbonyl (C=O) groups is 7. The van der Waals surface area contributed by atoms with Gasteiger partial charge in [0.15, 0.2) is 6.23 Å². The van der Waals surface area contributed by atoms with Crippen molar-refractivity contribution in [2.75, 3.05) is 25.4 Å². The molecule has 0 spiro atoms. The van der Waals surface area contributed by atoms with E-state index >= 15 is 0 Å². The fraction of sp³-hybridized carbons (Fsp3) is 0.400. The molecule has 2 saturated heterocycles. The maximum atomic E-state index is 13.4. The molecule has 0 aromatic heterocycles. The molecule has 0 radical (unpaired) electrons. The van der Waals surface area contributed by atoms with E-state index in [9.17, 15) is 38.7 Å². The summed E-state index contributed by atoms with van der Waals surface area (Å²) in [6.45, 7) is 3.20. The van der Waals surface area contributed by atoms with Crippen LogP contribution in [0.25, 0.3) is 0 Å². The van der Waals surface area contributed by atoms with Crippen LogP contribution in [-0.4, -0.2) is 104 Å². The second kappa shape index (κ2) is 12.0. The number of esters is 1. The van der Waals surface area contributed by atoms with Gasteiger partial charge in [-0.25, -0.2) is 9.59 Å². The predicted octanol–water partition coefficient (Wildman–Crippen LogP) is -1.29. The Balaban J connectivity index is 1.52. The second-order valence-electron chi connectivity index (χ2n) is 9.24. The number of piperazine rings is 1. The molecule has 6 amide bonds. The number of imide groups is 1. The lowest BCUT2D eigenvalue weighted by Crippen LogP contribution is -2.71. The van der Waals surface area contributed by atoms with Crippen LogP contribution in [0.5, 0.6) is 0 Å². The van der Waals surface area contributed by atoms with Crippen LogP contribution in [0.1, 0.15) is 25.5 Å². The number of urea groups is 1. The molecule has 4 atom stereocenters. The second-order valence-corrected chi connectivity index (χ2v) is 10.3. The van der Waals surface area contributed by atoms with Crippen LogP contribution < -0.4 is 16.4 Å². The largest absolute Gasteiger partial charge is 0.477 e. The Hall–Kier alpha value is -4.44. The normalized spacial score (nSPS) is 21.9. The van der Waals surface area contributed by atoms with Crippen LogP contribution in [0.15, 0.2) is 41.6 Å². The van der Waals surface area contributed by atoms with Gasteiger partial charge in [0.2, 0.25) is 5.91 Å². The van der Waals surface area contributed by atoms with Gasteiger partial charge in [-0.3, -0.25) is 39.5 Å². The minimum Gasteiger partial charge on any atom is -0.477 e. The number of amides is 6. The van der Waals surface area contributed by atoms with E-state index in [1.54, 1.807) is 37.3 Å². The van der Waals surface area contributed by atoms with E-state index in [1.165, 1.54) is 4.90 Å². The molecule has 4 rings (SSSR count). The van der Waals surface area contributed by atoms with Crippen molar-refractivity contribution >= 4 is 53.4 Å². The minimum absolute atomic E-state index is 0.00955. The molecule has 16 heteroatoms. The van der Waals surface area contributed by atoms with E-state index in [0.29, 0.717) is 12.1 Å². The summed E-state index contributed by atoms with van der Waals surface area (Å²) in [5, 5.41) is 14.0. The molecular formula is C25H28N6O9S. The molecule has 15 nitrogen and oxygen atoms in total. The van der Waals surface area contributed by atoms with E-state index in [4.69, 9.17) is 10.5 Å². The van der Waals surface area contributed by atoms with E-state index in [-0.39, 0.29) is 24.4 Å². The van der Waals surface area contributed by atoms with Gasteiger partial charge in [-0.1, -0.05) is 30.3 Å². The summed E-state index contributed by atoms with van der Waals surface area (Å²) in [5.41, 5.74) is 5.78. The maximum Gasteiger partial charge on any atom is 0.352 e. The average Bonchev–Trinajstić information content (AvgIpc) is 2.94. The highest BCUT2D eigenvalue weighted by molar-refractivity contribution is 8.00. The third-order valence-electron chi connectivity index (χ3n) is 6.73. The zero-order valence-electron chi connectivity index (χ0n) is 22.1. The summed E-state index contributed by atoms with van der Waals surface area (Å²) in [4.78, 5) is 90.7. The number of nitrogens with two attached hydrogens (primary N) is 1. The van der Waals surface area contributed by atoms with E-state index in [2.05, 4.69) is 10.6 Å². The molecule has 218 valence electrons. The summed E-state index contributed by atoms with van der Waals surface area (Å²) >= 11 is 1.11. The SMILES string of the molecule is CCN1CCN(C(=O)NC(C(=O)N[C@H]2C(=O)N3C(C(=O)O)=C(C(N)OC(C)=O)CS[C@H]23)c2ccccc2)C(=O)C1=O. The number of benzene rings is 1. The Morgan fingerprint density at radius 3 is 2.41 bits per heavy atom. The molecule has 1 aromatic rings. The number of β-lactam (4-membered cyclic amide) rings is 1. The highest BCUT2D eigenvalue weighted by Crippen LogP contribution is 2.41. The molecular weight excluding hydrogens is 560 g/mol. The van der Waals surface area contributed by atoms with Crippen LogP contribution >= 0.6 is 11.8 Å². The van der Waals surface area contributed by atoms with Crippen molar-refractivity contribution in [2.45, 2.75) is 37.5 Å². The van der Waals surface area contributed by atoms with Crippen molar-refractivity contribution in [2.24, 2.45) is 5.73 Å². The molecule has 1 aromatic carbocycles. The van der Waals surface area contributed by atoms with Crippen LogP contribution in [0.2, 0.25) is 0 Å². The topological polar surface area (TPSA) is 209 Å². The number of nitrogens with zero attached hydrogens (tertiary/aromatic N) is 3. The molecule has 3 aliphatic rings. The highest BCUT2D eigenvalue weighted by Gasteiger charge is 2.55. The summed E-state index contributed by atoms with van der Waals surface area (Å²) < 4.78 is 4.90. The first-order valence-corrected chi connectivity index (χ1v) is 13.6. The fourth-order valence-corrected chi connectivity index (χ4v) is 6.05. The molecule has 0 aliphatic carbocycles. The van der Waals surface area contributed by atoms with Crippen molar-refractivity contribution < 1.29 is 43.4 Å². The van der Waals surface area contributed by atoms with Gasteiger partial charge in [0, 0.05) is 37.9 Å². The summed E-state index contributed by atoms with van der Waals surface area (Å²) in [6.07, 6.45) is -1.38. The number of hydrogen-bond donors (Lipinski definition) is 4. The summed E-state index contributed by atoms with van der Waals surface area (Å²) in [5.74, 6) is -5.57. The van der Waals surface area contributed by atoms with Crippen molar-refractivity contribution in [1.82, 2.24) is 25.3 Å². The number of hydrogen-bond acceptors (Lipinski definition) is 10. The predicted molar refractivity (Wildman–Crippen MR) is 141 cm³/mol. The standard InChI is InChI=1S/C25H28N6O9S/c1-3-29-9-10-30(22(36)21(29)35)25(39)28-15(13-7-5-4-6-8-13)19(33)27-16-20(34)31-17(24(37)38)14(11-41-23(16)31)18(26)40-12(2)32/h4-8,15-16,18,23H,3,9-11,26H2,1-2H3,(H,27,33)(H,28,39)(H,37,38)/t15?,16-,18?,23+/m0/s1. The number of carboxylic acids is 1. The van der Waals surface area contributed by atoms with E-state index < -0.39 is 71.0 Å². The van der Waals surface area contributed by atoms with Crippen LogP contribution in [0.4, 0.5) is 4.79 Å². The monoisotopic (exact) mass is 588 g/mol. The maximum absolute atomic E-state index is 13.4. The fourth-order valence-electron chi connectivity index (χ4n) is 4.66. The van der Waals surface area contributed by atoms with Crippen molar-refractivity contribution in [3.8, 4) is 0 Å². The Kier molecular flexibility index (Phi) is 8.63. The first-order chi connectivity index (χ1) is 19.5. The van der Waals surface area contributed by atoms with Gasteiger partial charge in [-0.15, -0.1) is 11.8 Å². The Morgan fingerprint density at radius 1 is 1.12 bits per heavy atom. The van der Waals surface area contributed by atoms with Crippen LogP contribution in [0.3, 0.4) is 0 Å². The molecule has 0 saturated carbocycles. The third kappa shape index (κ3) is 5.74. The zero-order valence-corrected chi connectivity index (χ0v) is 22.9. The van der Waals surface area contributed by atoms with Crippen molar-refractivity contribution in [1.29, 1.82) is 0 Å². The first-order valence-electron chi connectivity index (χ1n) is 12.6. The quantitative estimate of drug-likeness (QED) is 0.122. The number of carbonyl (C=O) groups excluding carboxylic acids is 6. The van der Waals surface area contributed by atoms with Gasteiger partial charge in [0.05, 0.1) is 0 Å². The first kappa shape index (κ1) is 29.5. The molecule has 0 bridgehead atoms. The van der Waals surface area contributed by atoms with Crippen LogP contribution in [-0.2, 0) is 33.5 Å². The lowest BCUT2D eigenvalue weighted by Gasteiger charge is -2.50. The van der Waals surface area contributed by atoms with Gasteiger partial charge >= 0.3 is 29.8 Å². The Morgan fingerprint density at radius 2 is 1.80 bits per heavy atom. The van der Waals surface area contributed by atoms with Gasteiger partial charge in [-0.2, -0.15) is 0 Å². The molecule has 2 fully saturated rings. The molecule has 3 aliphatic heterocycles. The number of ether oxygens (including phenoxy) is 1. The van der Waals surface area contributed by atoms with Gasteiger partial charge in [0.25, 0.3) is 5.91 Å². The molecule has 3 heterocycles. The average molecular weight is 589 g/mol. The number of nitrogens with one attached hydrogen (secondary N) is 2. The number of fused-ring (bicyclic) bond motifs is 1. The zero-order chi connectivity index (χ0) is 30.0. The number of aliphatic carboxylic acids is 1. The lowest BCUT2D eigenvalue weighted by atomic mass is 10.0. The van der Waals surface area contributed by atoms with Gasteiger partial charge in [-0.05, 0) is 12.5 Å². The van der Waals surface area contributed by atoms with Gasteiger partial charge in [0.1, 0.15) is 23.2 Å². The summed E-state index contributed by atoms with van der Waals surface area (Å²) in [7, 11) is 0. The van der Waals surface area contributed by atoms with Crippen molar-refractivity contribution in [3.05, 3.63) is 47.2 Å². The summed E-state index contributed by atoms with van der Waals surface area (Å²) in [6, 6.07) is 4.60. The number of thioether (sulfide) groups is 1. The van der Waals surface area contributed by atoms with Crippen molar-refractivity contribution in [3.63, 3.8) is 0 Å². The third-order valence-corrected chi connectivity index (χ3v) is 8.04. The van der Waals surface area contributed by atoms with Gasteiger partial charge < -0.3 is 25.4 Å². The molecule has 5 N–H and O–H groups in total.